The van der Waals surface area contributed by atoms with E-state index >= 15 is 0 Å². The number of hydrogen-bond acceptors (Lipinski definition) is 2. The Morgan fingerprint density at radius 3 is 2.43 bits per heavy atom. The third-order valence-corrected chi connectivity index (χ3v) is 4.08. The standard InChI is InChI=1S/C19H18N2O2/c1-11-4-5-14(8-12(11)2)19(23)20-15-6-7-16-13(3)9-18(22)21-17(16)10-15/h4-10H,1-3H3,(H,20,23)(H,21,22). The highest BCUT2D eigenvalue weighted by atomic mass is 16.1. The number of hydrogen-bond donors (Lipinski definition) is 2. The molecule has 0 aliphatic rings. The number of fused-ring (bicyclic) bond motifs is 1. The average Bonchev–Trinajstić information content (AvgIpc) is 2.49. The van der Waals surface area contributed by atoms with Crippen molar-refractivity contribution >= 4 is 22.5 Å². The Morgan fingerprint density at radius 2 is 1.70 bits per heavy atom. The third kappa shape index (κ3) is 3.01. The van der Waals surface area contributed by atoms with Gasteiger partial charge in [0.15, 0.2) is 0 Å². The van der Waals surface area contributed by atoms with E-state index in [1.807, 2.05) is 51.1 Å². The largest absolute Gasteiger partial charge is 0.322 e. The maximum absolute atomic E-state index is 12.4. The zero-order valence-corrected chi connectivity index (χ0v) is 13.4. The van der Waals surface area contributed by atoms with Gasteiger partial charge in [-0.1, -0.05) is 12.1 Å². The summed E-state index contributed by atoms with van der Waals surface area (Å²) in [5.41, 5.74) is 4.99. The quantitative estimate of drug-likeness (QED) is 0.758. The minimum atomic E-state index is -0.164. The van der Waals surface area contributed by atoms with Crippen molar-refractivity contribution in [3.8, 4) is 0 Å². The van der Waals surface area contributed by atoms with E-state index in [9.17, 15) is 9.59 Å². The number of aromatic nitrogens is 1. The fourth-order valence-corrected chi connectivity index (χ4v) is 2.60. The van der Waals surface area contributed by atoms with Crippen LogP contribution in [0.15, 0.2) is 47.3 Å². The van der Waals surface area contributed by atoms with Gasteiger partial charge in [0.05, 0.1) is 5.52 Å². The molecule has 1 heterocycles. The van der Waals surface area contributed by atoms with E-state index in [1.54, 1.807) is 12.1 Å². The molecule has 1 amide bonds. The number of carbonyl (C=O) groups excluding carboxylic acids is 1. The number of H-pyrrole nitrogens is 1. The Hall–Kier alpha value is -2.88. The lowest BCUT2D eigenvalue weighted by atomic mass is 10.1. The summed E-state index contributed by atoms with van der Waals surface area (Å²) in [5, 5.41) is 3.84. The molecule has 0 bridgehead atoms. The Morgan fingerprint density at radius 1 is 0.913 bits per heavy atom. The molecule has 0 unspecified atom stereocenters. The summed E-state index contributed by atoms with van der Waals surface area (Å²) in [6.45, 7) is 5.89. The predicted molar refractivity (Wildman–Crippen MR) is 93.2 cm³/mol. The average molecular weight is 306 g/mol. The molecule has 0 saturated heterocycles. The Kier molecular flexibility index (Phi) is 3.74. The zero-order valence-electron chi connectivity index (χ0n) is 13.4. The lowest BCUT2D eigenvalue weighted by Gasteiger charge is -2.09. The molecule has 1 aromatic heterocycles. The third-order valence-electron chi connectivity index (χ3n) is 4.08. The maximum Gasteiger partial charge on any atom is 0.255 e. The first-order chi connectivity index (χ1) is 10.9. The van der Waals surface area contributed by atoms with Crippen molar-refractivity contribution in [1.29, 1.82) is 0 Å². The van der Waals surface area contributed by atoms with E-state index in [4.69, 9.17) is 0 Å². The van der Waals surface area contributed by atoms with Crippen LogP contribution >= 0.6 is 0 Å². The summed E-state index contributed by atoms with van der Waals surface area (Å²) < 4.78 is 0. The molecule has 0 saturated carbocycles. The van der Waals surface area contributed by atoms with Crippen molar-refractivity contribution in [3.63, 3.8) is 0 Å². The SMILES string of the molecule is Cc1ccc(C(=O)Nc2ccc3c(C)cc(=O)[nH]c3c2)cc1C. The second-order valence-corrected chi connectivity index (χ2v) is 5.83. The highest BCUT2D eigenvalue weighted by Gasteiger charge is 2.08. The maximum atomic E-state index is 12.4. The van der Waals surface area contributed by atoms with Crippen LogP contribution in [0.1, 0.15) is 27.0 Å². The van der Waals surface area contributed by atoms with Gasteiger partial charge in [-0.05, 0) is 61.7 Å². The molecule has 2 N–H and O–H groups in total. The van der Waals surface area contributed by atoms with Crippen LogP contribution in [0.2, 0.25) is 0 Å². The van der Waals surface area contributed by atoms with E-state index in [2.05, 4.69) is 10.3 Å². The summed E-state index contributed by atoms with van der Waals surface area (Å²) in [5.74, 6) is -0.164. The molecule has 4 nitrogen and oxygen atoms in total. The summed E-state index contributed by atoms with van der Waals surface area (Å²) in [6, 6.07) is 12.7. The molecule has 0 fully saturated rings. The van der Waals surface area contributed by atoms with Crippen LogP contribution in [0.5, 0.6) is 0 Å². The molecule has 116 valence electrons. The molecule has 3 rings (SSSR count). The topological polar surface area (TPSA) is 62.0 Å². The Balaban J connectivity index is 1.93. The smallest absolute Gasteiger partial charge is 0.255 e. The summed E-state index contributed by atoms with van der Waals surface area (Å²) in [4.78, 5) is 26.7. The first-order valence-electron chi connectivity index (χ1n) is 7.46. The first kappa shape index (κ1) is 15.0. The normalized spacial score (nSPS) is 10.7. The number of aromatic amines is 1. The highest BCUT2D eigenvalue weighted by molar-refractivity contribution is 6.05. The van der Waals surface area contributed by atoms with Crippen molar-refractivity contribution < 1.29 is 4.79 Å². The van der Waals surface area contributed by atoms with E-state index < -0.39 is 0 Å². The molecule has 0 atom stereocenters. The van der Waals surface area contributed by atoms with Gasteiger partial charge in [0.25, 0.3) is 5.91 Å². The second-order valence-electron chi connectivity index (χ2n) is 5.83. The molecule has 2 aromatic carbocycles. The van der Waals surface area contributed by atoms with Crippen LogP contribution in [0.25, 0.3) is 10.9 Å². The van der Waals surface area contributed by atoms with Crippen LogP contribution in [-0.2, 0) is 0 Å². The van der Waals surface area contributed by atoms with Gasteiger partial charge in [0.2, 0.25) is 5.56 Å². The molecular formula is C19H18N2O2. The van der Waals surface area contributed by atoms with E-state index in [0.29, 0.717) is 16.8 Å². The number of benzene rings is 2. The molecule has 0 radical (unpaired) electrons. The molecule has 3 aromatic rings. The number of anilines is 1. The van der Waals surface area contributed by atoms with Crippen LogP contribution < -0.4 is 10.9 Å². The number of pyridine rings is 1. The van der Waals surface area contributed by atoms with Gasteiger partial charge in [0.1, 0.15) is 0 Å². The predicted octanol–water partition coefficient (Wildman–Crippen LogP) is 3.71. The number of amides is 1. The molecule has 0 aliphatic heterocycles. The minimum absolute atomic E-state index is 0.146. The van der Waals surface area contributed by atoms with Crippen LogP contribution in [0, 0.1) is 20.8 Å². The fraction of sp³-hybridized carbons (Fsp3) is 0.158. The fourth-order valence-electron chi connectivity index (χ4n) is 2.60. The second kappa shape index (κ2) is 5.72. The van der Waals surface area contributed by atoms with Gasteiger partial charge in [-0.15, -0.1) is 0 Å². The highest BCUT2D eigenvalue weighted by Crippen LogP contribution is 2.20. The lowest BCUT2D eigenvalue weighted by Crippen LogP contribution is -2.12. The number of nitrogens with one attached hydrogen (secondary N) is 2. The minimum Gasteiger partial charge on any atom is -0.322 e. The Labute approximate surface area is 134 Å². The van der Waals surface area contributed by atoms with Gasteiger partial charge >= 0.3 is 0 Å². The summed E-state index contributed by atoms with van der Waals surface area (Å²) in [7, 11) is 0. The first-order valence-corrected chi connectivity index (χ1v) is 7.46. The van der Waals surface area contributed by atoms with Crippen molar-refractivity contribution in [2.45, 2.75) is 20.8 Å². The van der Waals surface area contributed by atoms with Crippen LogP contribution in [0.4, 0.5) is 5.69 Å². The van der Waals surface area contributed by atoms with Crippen molar-refractivity contribution in [2.24, 2.45) is 0 Å². The van der Waals surface area contributed by atoms with Crippen LogP contribution in [0.3, 0.4) is 0 Å². The van der Waals surface area contributed by atoms with E-state index in [-0.39, 0.29) is 11.5 Å². The summed E-state index contributed by atoms with van der Waals surface area (Å²) in [6.07, 6.45) is 0. The van der Waals surface area contributed by atoms with Crippen molar-refractivity contribution in [2.75, 3.05) is 5.32 Å². The molecular weight excluding hydrogens is 288 g/mol. The zero-order chi connectivity index (χ0) is 16.6. The lowest BCUT2D eigenvalue weighted by molar-refractivity contribution is 0.102. The summed E-state index contributed by atoms with van der Waals surface area (Å²) >= 11 is 0. The van der Waals surface area contributed by atoms with Gasteiger partial charge < -0.3 is 10.3 Å². The van der Waals surface area contributed by atoms with Gasteiger partial charge in [0, 0.05) is 22.7 Å². The van der Waals surface area contributed by atoms with Gasteiger partial charge in [-0.25, -0.2) is 0 Å². The Bertz CT molecular complexity index is 971. The van der Waals surface area contributed by atoms with E-state index in [0.717, 1.165) is 22.1 Å². The molecule has 0 aliphatic carbocycles. The van der Waals surface area contributed by atoms with Gasteiger partial charge in [-0.3, -0.25) is 9.59 Å². The monoisotopic (exact) mass is 306 g/mol. The van der Waals surface area contributed by atoms with E-state index in [1.165, 1.54) is 0 Å². The number of rotatable bonds is 2. The number of aryl methyl sites for hydroxylation is 3. The van der Waals surface area contributed by atoms with Crippen molar-refractivity contribution in [3.05, 3.63) is 75.1 Å². The van der Waals surface area contributed by atoms with Crippen molar-refractivity contribution in [1.82, 2.24) is 4.98 Å². The number of carbonyl (C=O) groups is 1. The molecule has 4 heteroatoms. The molecule has 23 heavy (non-hydrogen) atoms. The molecule has 0 spiro atoms. The van der Waals surface area contributed by atoms with Gasteiger partial charge in [-0.2, -0.15) is 0 Å². The van der Waals surface area contributed by atoms with Crippen LogP contribution in [-0.4, -0.2) is 10.9 Å².